The van der Waals surface area contributed by atoms with E-state index in [2.05, 4.69) is 15.2 Å². The van der Waals surface area contributed by atoms with Gasteiger partial charge in [0.2, 0.25) is 0 Å². The average molecular weight is 241 g/mol. The molecule has 0 radical (unpaired) electrons. The van der Waals surface area contributed by atoms with Crippen molar-refractivity contribution >= 4 is 23.5 Å². The van der Waals surface area contributed by atoms with E-state index >= 15 is 0 Å². The number of carbonyl (C=O) groups is 2. The van der Waals surface area contributed by atoms with Gasteiger partial charge in [0.05, 0.1) is 23.5 Å². The summed E-state index contributed by atoms with van der Waals surface area (Å²) in [6.45, 7) is 0. The summed E-state index contributed by atoms with van der Waals surface area (Å²) in [4.78, 5) is 28.9. The molecule has 0 saturated carbocycles. The van der Waals surface area contributed by atoms with Gasteiger partial charge in [-0.15, -0.1) is 5.10 Å². The summed E-state index contributed by atoms with van der Waals surface area (Å²) >= 11 is 0. The fourth-order valence-electron chi connectivity index (χ4n) is 1.78. The molecule has 0 unspecified atom stereocenters. The van der Waals surface area contributed by atoms with E-state index in [0.29, 0.717) is 11.3 Å². The Bertz CT molecular complexity index is 656. The van der Waals surface area contributed by atoms with Gasteiger partial charge >= 0.3 is 0 Å². The van der Waals surface area contributed by atoms with E-state index in [9.17, 15) is 9.59 Å². The highest BCUT2D eigenvalue weighted by Gasteiger charge is 2.38. The Hall–Kier alpha value is -2.83. The topological polar surface area (TPSA) is 102 Å². The van der Waals surface area contributed by atoms with Gasteiger partial charge in [0, 0.05) is 5.69 Å². The van der Waals surface area contributed by atoms with Crippen LogP contribution in [0.2, 0.25) is 0 Å². The zero-order valence-corrected chi connectivity index (χ0v) is 9.07. The maximum atomic E-state index is 12.1. The van der Waals surface area contributed by atoms with Crippen molar-refractivity contribution in [2.75, 3.05) is 10.6 Å². The lowest BCUT2D eigenvalue weighted by atomic mass is 10.1. The lowest BCUT2D eigenvalue weighted by Crippen LogP contribution is -2.31. The predicted octanol–water partition coefficient (Wildman–Crippen LogP) is 0.254. The largest absolute Gasteiger partial charge is 0.399 e. The molecule has 2 N–H and O–H groups in total. The summed E-state index contributed by atoms with van der Waals surface area (Å²) in [5.41, 5.74) is 6.57. The Balaban J connectivity index is 2.13. The third-order valence-corrected chi connectivity index (χ3v) is 2.58. The SMILES string of the molecule is Nc1ccc2c(c1)C(=O)N(c1nccnn1)C2=O. The lowest BCUT2D eigenvalue weighted by molar-refractivity contribution is 0.0923. The van der Waals surface area contributed by atoms with E-state index in [0.717, 1.165) is 4.90 Å². The summed E-state index contributed by atoms with van der Waals surface area (Å²) in [5.74, 6) is -0.999. The van der Waals surface area contributed by atoms with Crippen molar-refractivity contribution in [3.8, 4) is 0 Å². The molecule has 1 aliphatic rings. The highest BCUT2D eigenvalue weighted by molar-refractivity contribution is 6.34. The number of aromatic nitrogens is 3. The first kappa shape index (κ1) is 10.3. The number of amides is 2. The van der Waals surface area contributed by atoms with Crippen LogP contribution >= 0.6 is 0 Å². The van der Waals surface area contributed by atoms with Gasteiger partial charge in [0.25, 0.3) is 17.8 Å². The average Bonchev–Trinajstić information content (AvgIpc) is 2.63. The van der Waals surface area contributed by atoms with Crippen LogP contribution in [-0.2, 0) is 0 Å². The molecule has 1 aromatic carbocycles. The van der Waals surface area contributed by atoms with Gasteiger partial charge in [-0.05, 0) is 18.2 Å². The molecule has 0 aliphatic carbocycles. The second-order valence-electron chi connectivity index (χ2n) is 3.69. The molecular formula is C11H7N5O2. The molecule has 2 amide bonds. The van der Waals surface area contributed by atoms with Crippen LogP contribution in [0.3, 0.4) is 0 Å². The van der Waals surface area contributed by atoms with Gasteiger partial charge in [0.15, 0.2) is 0 Å². The number of carbonyl (C=O) groups excluding carboxylic acids is 2. The number of benzene rings is 1. The number of rotatable bonds is 1. The van der Waals surface area contributed by atoms with Crippen LogP contribution in [0.1, 0.15) is 20.7 Å². The molecule has 2 aromatic rings. The molecule has 0 saturated heterocycles. The van der Waals surface area contributed by atoms with Crippen LogP contribution in [0.5, 0.6) is 0 Å². The third-order valence-electron chi connectivity index (χ3n) is 2.58. The highest BCUT2D eigenvalue weighted by atomic mass is 16.2. The van der Waals surface area contributed by atoms with Crippen molar-refractivity contribution in [3.63, 3.8) is 0 Å². The van der Waals surface area contributed by atoms with Crippen molar-refractivity contribution < 1.29 is 9.59 Å². The number of anilines is 2. The monoisotopic (exact) mass is 241 g/mol. The summed E-state index contributed by atoms with van der Waals surface area (Å²) in [6, 6.07) is 4.55. The molecular weight excluding hydrogens is 234 g/mol. The number of fused-ring (bicyclic) bond motifs is 1. The van der Waals surface area contributed by atoms with Gasteiger partial charge < -0.3 is 5.73 Å². The van der Waals surface area contributed by atoms with Gasteiger partial charge in [-0.2, -0.15) is 5.10 Å². The van der Waals surface area contributed by atoms with Crippen molar-refractivity contribution in [2.45, 2.75) is 0 Å². The van der Waals surface area contributed by atoms with E-state index in [1.165, 1.54) is 24.5 Å². The zero-order chi connectivity index (χ0) is 12.7. The first-order valence-corrected chi connectivity index (χ1v) is 5.10. The second kappa shape index (κ2) is 3.59. The maximum absolute atomic E-state index is 12.1. The molecule has 0 atom stereocenters. The first-order valence-electron chi connectivity index (χ1n) is 5.10. The summed E-state index contributed by atoms with van der Waals surface area (Å²) in [6.07, 6.45) is 2.72. The number of nitrogens with two attached hydrogens (primary N) is 1. The van der Waals surface area contributed by atoms with E-state index in [1.54, 1.807) is 6.07 Å². The molecule has 18 heavy (non-hydrogen) atoms. The summed E-state index contributed by atoms with van der Waals surface area (Å²) < 4.78 is 0. The fraction of sp³-hybridized carbons (Fsp3) is 0. The van der Waals surface area contributed by atoms with Crippen LogP contribution in [0.15, 0.2) is 30.6 Å². The minimum atomic E-state index is -0.490. The van der Waals surface area contributed by atoms with Crippen LogP contribution in [0, 0.1) is 0 Å². The lowest BCUT2D eigenvalue weighted by Gasteiger charge is -2.09. The van der Waals surface area contributed by atoms with E-state index < -0.39 is 11.8 Å². The predicted molar refractivity (Wildman–Crippen MR) is 61.8 cm³/mol. The van der Waals surface area contributed by atoms with Gasteiger partial charge in [0.1, 0.15) is 0 Å². The molecule has 0 fully saturated rings. The molecule has 0 spiro atoms. The number of imide groups is 1. The van der Waals surface area contributed by atoms with Gasteiger partial charge in [-0.25, -0.2) is 9.88 Å². The fourth-order valence-corrected chi connectivity index (χ4v) is 1.78. The minimum Gasteiger partial charge on any atom is -0.399 e. The second-order valence-corrected chi connectivity index (χ2v) is 3.69. The standard InChI is InChI=1S/C11H7N5O2/c12-6-1-2-7-8(5-6)10(18)16(9(7)17)11-13-3-4-14-15-11/h1-5H,12H2. The van der Waals surface area contributed by atoms with E-state index in [1.807, 2.05) is 0 Å². The number of hydrogen-bond donors (Lipinski definition) is 1. The summed E-state index contributed by atoms with van der Waals surface area (Å²) in [5, 5.41) is 7.25. The van der Waals surface area contributed by atoms with Crippen molar-refractivity contribution in [2.24, 2.45) is 0 Å². The number of nitrogens with zero attached hydrogens (tertiary/aromatic N) is 4. The van der Waals surface area contributed by atoms with Crippen molar-refractivity contribution in [1.82, 2.24) is 15.2 Å². The van der Waals surface area contributed by atoms with Crippen molar-refractivity contribution in [1.29, 1.82) is 0 Å². The Morgan fingerprint density at radius 1 is 1.06 bits per heavy atom. The van der Waals surface area contributed by atoms with Crippen LogP contribution in [-0.4, -0.2) is 27.0 Å². The van der Waals surface area contributed by atoms with Gasteiger partial charge in [-0.1, -0.05) is 0 Å². The summed E-state index contributed by atoms with van der Waals surface area (Å²) in [7, 11) is 0. The van der Waals surface area contributed by atoms with E-state index in [4.69, 9.17) is 5.73 Å². The minimum absolute atomic E-state index is 0.0396. The number of hydrogen-bond acceptors (Lipinski definition) is 6. The smallest absolute Gasteiger partial charge is 0.268 e. The van der Waals surface area contributed by atoms with Crippen LogP contribution < -0.4 is 10.6 Å². The van der Waals surface area contributed by atoms with Crippen molar-refractivity contribution in [3.05, 3.63) is 41.7 Å². The normalized spacial score (nSPS) is 13.9. The van der Waals surface area contributed by atoms with Crippen LogP contribution in [0.25, 0.3) is 0 Å². The van der Waals surface area contributed by atoms with E-state index in [-0.39, 0.29) is 11.5 Å². The first-order chi connectivity index (χ1) is 8.68. The Labute approximate surface area is 101 Å². The molecule has 2 heterocycles. The maximum Gasteiger partial charge on any atom is 0.268 e. The third kappa shape index (κ3) is 1.34. The quantitative estimate of drug-likeness (QED) is 0.567. The molecule has 88 valence electrons. The Morgan fingerprint density at radius 2 is 1.83 bits per heavy atom. The Kier molecular flexibility index (Phi) is 2.06. The molecule has 1 aromatic heterocycles. The molecule has 7 nitrogen and oxygen atoms in total. The zero-order valence-electron chi connectivity index (χ0n) is 9.07. The molecule has 7 heteroatoms. The molecule has 3 rings (SSSR count). The molecule has 0 bridgehead atoms. The van der Waals surface area contributed by atoms with Crippen LogP contribution in [0.4, 0.5) is 11.6 Å². The Morgan fingerprint density at radius 3 is 2.56 bits per heavy atom. The highest BCUT2D eigenvalue weighted by Crippen LogP contribution is 2.26. The van der Waals surface area contributed by atoms with Gasteiger partial charge in [-0.3, -0.25) is 9.59 Å². The molecule has 1 aliphatic heterocycles. The number of nitrogen functional groups attached to an aromatic ring is 1.